The Labute approximate surface area is 107 Å². The maximum Gasteiger partial charge on any atom is 0.279 e. The molecule has 0 saturated carbocycles. The molecule has 3 atom stereocenters. The second kappa shape index (κ2) is 4.41. The summed E-state index contributed by atoms with van der Waals surface area (Å²) in [5.41, 5.74) is 0.340. The van der Waals surface area contributed by atoms with E-state index in [1.54, 1.807) is 11.5 Å². The molecule has 3 unspecified atom stereocenters. The molecule has 8 nitrogen and oxygen atoms in total. The van der Waals surface area contributed by atoms with Gasteiger partial charge in [-0.05, 0) is 6.92 Å². The predicted molar refractivity (Wildman–Crippen MR) is 64.5 cm³/mol. The first kappa shape index (κ1) is 12.3. The van der Waals surface area contributed by atoms with E-state index in [0.717, 1.165) is 0 Å². The number of imidazole rings is 1. The molecule has 0 bridgehead atoms. The summed E-state index contributed by atoms with van der Waals surface area (Å²) in [6, 6.07) is 0. The van der Waals surface area contributed by atoms with E-state index in [0.29, 0.717) is 17.9 Å². The molecular weight excluding hydrogens is 252 g/mol. The summed E-state index contributed by atoms with van der Waals surface area (Å²) >= 11 is 0. The van der Waals surface area contributed by atoms with Gasteiger partial charge < -0.3 is 19.9 Å². The average Bonchev–Trinajstić information content (AvgIpc) is 2.92. The minimum atomic E-state index is -0.740. The molecule has 0 spiro atoms. The van der Waals surface area contributed by atoms with Crippen molar-refractivity contribution in [1.29, 1.82) is 0 Å². The van der Waals surface area contributed by atoms with Crippen LogP contribution in [0.1, 0.15) is 18.5 Å². The highest BCUT2D eigenvalue weighted by molar-refractivity contribution is 5.69. The highest BCUT2D eigenvalue weighted by Crippen LogP contribution is 2.29. The molecule has 0 aromatic carbocycles. The number of aromatic nitrogens is 4. The average molecular weight is 266 g/mol. The van der Waals surface area contributed by atoms with Crippen molar-refractivity contribution < 1.29 is 14.9 Å². The van der Waals surface area contributed by atoms with Crippen LogP contribution in [0.5, 0.6) is 0 Å². The van der Waals surface area contributed by atoms with Gasteiger partial charge in [-0.3, -0.25) is 9.36 Å². The maximum absolute atomic E-state index is 11.7. The third-order valence-corrected chi connectivity index (χ3v) is 3.25. The molecule has 1 saturated heterocycles. The summed E-state index contributed by atoms with van der Waals surface area (Å²) in [6.07, 6.45) is -0.0554. The van der Waals surface area contributed by atoms with E-state index in [2.05, 4.69) is 15.0 Å². The number of fused-ring (bicyclic) bond motifs is 1. The van der Waals surface area contributed by atoms with Gasteiger partial charge >= 0.3 is 0 Å². The molecule has 3 N–H and O–H groups in total. The van der Waals surface area contributed by atoms with Crippen molar-refractivity contribution in [2.24, 2.45) is 0 Å². The number of rotatable bonds is 2. The molecular formula is C11H14N4O4. The Morgan fingerprint density at radius 3 is 3.11 bits per heavy atom. The Morgan fingerprint density at radius 1 is 1.63 bits per heavy atom. The number of hydrogen-bond acceptors (Lipinski definition) is 6. The Hall–Kier alpha value is -1.77. The van der Waals surface area contributed by atoms with Crippen LogP contribution in [-0.2, 0) is 4.74 Å². The fourth-order valence-corrected chi connectivity index (χ4v) is 2.30. The summed E-state index contributed by atoms with van der Waals surface area (Å²) in [4.78, 5) is 22.5. The Bertz CT molecular complexity index is 664. The topological polar surface area (TPSA) is 113 Å². The summed E-state index contributed by atoms with van der Waals surface area (Å²) in [7, 11) is 0. The zero-order chi connectivity index (χ0) is 13.6. The zero-order valence-electron chi connectivity index (χ0n) is 10.3. The Morgan fingerprint density at radius 2 is 2.42 bits per heavy atom. The number of aryl methyl sites for hydroxylation is 1. The van der Waals surface area contributed by atoms with Crippen molar-refractivity contribution >= 4 is 11.2 Å². The molecule has 0 radical (unpaired) electrons. The van der Waals surface area contributed by atoms with E-state index < -0.39 is 18.4 Å². The maximum atomic E-state index is 11.7. The van der Waals surface area contributed by atoms with Gasteiger partial charge in [0.1, 0.15) is 18.2 Å². The molecule has 1 aliphatic heterocycles. The highest BCUT2D eigenvalue weighted by atomic mass is 16.5. The molecule has 3 rings (SSSR count). The van der Waals surface area contributed by atoms with Crippen molar-refractivity contribution in [3.05, 3.63) is 22.5 Å². The predicted octanol–water partition coefficient (Wildman–Crippen LogP) is -0.931. The fourth-order valence-electron chi connectivity index (χ4n) is 2.30. The van der Waals surface area contributed by atoms with Crippen molar-refractivity contribution in [3.63, 3.8) is 0 Å². The number of aliphatic hydroxyl groups is 2. The van der Waals surface area contributed by atoms with Crippen LogP contribution in [0.15, 0.2) is 11.1 Å². The monoisotopic (exact) mass is 266 g/mol. The first-order valence-corrected chi connectivity index (χ1v) is 5.98. The number of nitrogens with zero attached hydrogens (tertiary/aromatic N) is 3. The molecule has 3 heterocycles. The molecule has 0 aliphatic carbocycles. The van der Waals surface area contributed by atoms with Crippen LogP contribution in [0.4, 0.5) is 0 Å². The van der Waals surface area contributed by atoms with Gasteiger partial charge in [0.05, 0.1) is 19.0 Å². The largest absolute Gasteiger partial charge is 0.394 e. The van der Waals surface area contributed by atoms with Crippen LogP contribution < -0.4 is 5.56 Å². The van der Waals surface area contributed by atoms with Crippen molar-refractivity contribution in [3.8, 4) is 0 Å². The summed E-state index contributed by atoms with van der Waals surface area (Å²) in [5, 5.41) is 18.8. The van der Waals surface area contributed by atoms with Gasteiger partial charge in [0, 0.05) is 6.42 Å². The summed E-state index contributed by atoms with van der Waals surface area (Å²) in [6.45, 7) is 1.43. The molecule has 19 heavy (non-hydrogen) atoms. The van der Waals surface area contributed by atoms with Crippen LogP contribution in [0.25, 0.3) is 11.2 Å². The highest BCUT2D eigenvalue weighted by Gasteiger charge is 2.35. The van der Waals surface area contributed by atoms with E-state index >= 15 is 0 Å². The normalized spacial score (nSPS) is 27.2. The van der Waals surface area contributed by atoms with Crippen molar-refractivity contribution in [2.45, 2.75) is 31.8 Å². The number of H-pyrrole nitrogens is 1. The summed E-state index contributed by atoms with van der Waals surface area (Å²) in [5.74, 6) is 0.483. The second-order valence-electron chi connectivity index (χ2n) is 4.59. The summed E-state index contributed by atoms with van der Waals surface area (Å²) < 4.78 is 7.13. The van der Waals surface area contributed by atoms with Crippen LogP contribution in [0.3, 0.4) is 0 Å². The van der Waals surface area contributed by atoms with E-state index in [-0.39, 0.29) is 17.7 Å². The molecule has 1 aliphatic rings. The fraction of sp³-hybridized carbons (Fsp3) is 0.545. The number of hydrogen-bond donors (Lipinski definition) is 3. The van der Waals surface area contributed by atoms with Gasteiger partial charge in [0.25, 0.3) is 5.56 Å². The van der Waals surface area contributed by atoms with Gasteiger partial charge in [0.2, 0.25) is 0 Å². The van der Waals surface area contributed by atoms with Gasteiger partial charge in [-0.25, -0.2) is 9.97 Å². The first-order chi connectivity index (χ1) is 9.10. The number of ether oxygens (including phenoxy) is 1. The van der Waals surface area contributed by atoms with Crippen LogP contribution in [0.2, 0.25) is 0 Å². The SMILES string of the molecule is Cc1nc2c(ncn2C2CC(O)C(CO)O2)c(=O)[nH]1. The third kappa shape index (κ3) is 1.93. The van der Waals surface area contributed by atoms with Crippen LogP contribution in [-0.4, -0.2) is 48.5 Å². The lowest BCUT2D eigenvalue weighted by Crippen LogP contribution is -2.24. The molecule has 0 amide bonds. The molecule has 2 aromatic heterocycles. The zero-order valence-corrected chi connectivity index (χ0v) is 10.3. The quantitative estimate of drug-likeness (QED) is 0.647. The second-order valence-corrected chi connectivity index (χ2v) is 4.59. The third-order valence-electron chi connectivity index (χ3n) is 3.25. The number of nitrogens with one attached hydrogen (secondary N) is 1. The minimum absolute atomic E-state index is 0.233. The van der Waals surface area contributed by atoms with Crippen LogP contribution >= 0.6 is 0 Å². The van der Waals surface area contributed by atoms with Crippen LogP contribution in [0, 0.1) is 6.92 Å². The van der Waals surface area contributed by atoms with Gasteiger partial charge in [-0.1, -0.05) is 0 Å². The van der Waals surface area contributed by atoms with E-state index in [1.807, 2.05) is 0 Å². The molecule has 2 aromatic rings. The number of aromatic amines is 1. The lowest BCUT2D eigenvalue weighted by Gasteiger charge is -2.13. The van der Waals surface area contributed by atoms with Crippen molar-refractivity contribution in [2.75, 3.05) is 6.61 Å². The molecule has 102 valence electrons. The van der Waals surface area contributed by atoms with E-state index in [1.165, 1.54) is 6.33 Å². The first-order valence-electron chi connectivity index (χ1n) is 5.98. The van der Waals surface area contributed by atoms with E-state index in [4.69, 9.17) is 9.84 Å². The minimum Gasteiger partial charge on any atom is -0.394 e. The van der Waals surface area contributed by atoms with E-state index in [9.17, 15) is 9.90 Å². The number of aliphatic hydroxyl groups excluding tert-OH is 2. The Balaban J connectivity index is 2.05. The lowest BCUT2D eigenvalue weighted by atomic mass is 10.2. The molecule has 1 fully saturated rings. The molecule has 8 heteroatoms. The van der Waals surface area contributed by atoms with Crippen molar-refractivity contribution in [1.82, 2.24) is 19.5 Å². The van der Waals surface area contributed by atoms with Gasteiger partial charge in [0.15, 0.2) is 11.2 Å². The smallest absolute Gasteiger partial charge is 0.279 e. The van der Waals surface area contributed by atoms with Gasteiger partial charge in [-0.2, -0.15) is 0 Å². The van der Waals surface area contributed by atoms with Gasteiger partial charge in [-0.15, -0.1) is 0 Å². The standard InChI is InChI=1S/C11H14N4O4/c1-5-13-10-9(11(18)14-5)12-4-15(10)8-2-6(17)7(3-16)19-8/h4,6-8,16-17H,2-3H2,1H3,(H,13,14,18). The lowest BCUT2D eigenvalue weighted by molar-refractivity contribution is -0.0432. The Kier molecular flexibility index (Phi) is 2.85.